The van der Waals surface area contributed by atoms with Crippen molar-refractivity contribution in [1.29, 1.82) is 0 Å². The minimum absolute atomic E-state index is 0.182. The predicted molar refractivity (Wildman–Crippen MR) is 81.7 cm³/mol. The van der Waals surface area contributed by atoms with Crippen LogP contribution < -0.4 is 11.1 Å². The molecular weight excluding hydrogens is 250 g/mol. The van der Waals surface area contributed by atoms with Crippen molar-refractivity contribution in [1.82, 2.24) is 4.98 Å². The molecule has 0 radical (unpaired) electrons. The van der Waals surface area contributed by atoms with Gasteiger partial charge in [0.05, 0.1) is 5.56 Å². The Morgan fingerprint density at radius 3 is 2.55 bits per heavy atom. The molecule has 0 bridgehead atoms. The first-order valence-electron chi connectivity index (χ1n) is 6.81. The number of aryl methyl sites for hydroxylation is 1. The maximum absolute atomic E-state index is 12.0. The zero-order valence-corrected chi connectivity index (χ0v) is 11.6. The number of nitrogens with one attached hydrogen (secondary N) is 1. The molecule has 0 atom stereocenters. The van der Waals surface area contributed by atoms with Crippen molar-refractivity contribution in [2.45, 2.75) is 26.2 Å². The van der Waals surface area contributed by atoms with Gasteiger partial charge in [-0.3, -0.25) is 4.79 Å². The van der Waals surface area contributed by atoms with Gasteiger partial charge in [0.25, 0.3) is 5.91 Å². The molecule has 1 heterocycles. The highest BCUT2D eigenvalue weighted by Gasteiger charge is 2.06. The van der Waals surface area contributed by atoms with Crippen LogP contribution in [-0.4, -0.2) is 10.9 Å². The van der Waals surface area contributed by atoms with Crippen molar-refractivity contribution in [3.63, 3.8) is 0 Å². The topological polar surface area (TPSA) is 68.0 Å². The smallest absolute Gasteiger partial charge is 0.257 e. The van der Waals surface area contributed by atoms with Gasteiger partial charge in [-0.2, -0.15) is 0 Å². The van der Waals surface area contributed by atoms with Gasteiger partial charge in [0.2, 0.25) is 0 Å². The van der Waals surface area contributed by atoms with Crippen molar-refractivity contribution < 1.29 is 4.79 Å². The summed E-state index contributed by atoms with van der Waals surface area (Å²) < 4.78 is 0. The number of nitrogens with two attached hydrogens (primary N) is 1. The summed E-state index contributed by atoms with van der Waals surface area (Å²) in [6.07, 6.45) is 4.92. The molecule has 1 aromatic carbocycles. The quantitative estimate of drug-likeness (QED) is 0.875. The second-order valence-electron chi connectivity index (χ2n) is 4.73. The molecule has 0 fully saturated rings. The van der Waals surface area contributed by atoms with Gasteiger partial charge in [0, 0.05) is 11.9 Å². The Kier molecular flexibility index (Phi) is 4.71. The maximum atomic E-state index is 12.0. The van der Waals surface area contributed by atoms with Crippen LogP contribution >= 0.6 is 0 Å². The number of pyridine rings is 1. The average Bonchev–Trinajstić information content (AvgIpc) is 2.47. The largest absolute Gasteiger partial charge is 0.384 e. The van der Waals surface area contributed by atoms with Crippen molar-refractivity contribution in [3.8, 4) is 0 Å². The van der Waals surface area contributed by atoms with Crippen LogP contribution in [0.5, 0.6) is 0 Å². The molecule has 2 aromatic rings. The third-order valence-corrected chi connectivity index (χ3v) is 3.08. The summed E-state index contributed by atoms with van der Waals surface area (Å²) in [4.78, 5) is 15.9. The summed E-state index contributed by atoms with van der Waals surface area (Å²) >= 11 is 0. The molecule has 0 saturated carbocycles. The lowest BCUT2D eigenvalue weighted by Gasteiger charge is -2.06. The number of nitrogens with zero attached hydrogens (tertiary/aromatic N) is 1. The molecule has 0 spiro atoms. The molecule has 0 saturated heterocycles. The zero-order valence-electron chi connectivity index (χ0n) is 11.6. The number of hydrogen-bond acceptors (Lipinski definition) is 3. The fraction of sp³-hybridized carbons (Fsp3) is 0.250. The molecule has 0 unspecified atom stereocenters. The first kappa shape index (κ1) is 14.1. The summed E-state index contributed by atoms with van der Waals surface area (Å²) in [5.74, 6) is 0.223. The van der Waals surface area contributed by atoms with E-state index in [9.17, 15) is 4.79 Å². The number of carbonyl (C=O) groups excluding carboxylic acids is 1. The molecule has 2 rings (SSSR count). The summed E-state index contributed by atoms with van der Waals surface area (Å²) in [6, 6.07) is 11.2. The highest BCUT2D eigenvalue weighted by Crippen LogP contribution is 2.13. The minimum Gasteiger partial charge on any atom is -0.384 e. The number of carbonyl (C=O) groups is 1. The highest BCUT2D eigenvalue weighted by atomic mass is 16.1. The van der Waals surface area contributed by atoms with Gasteiger partial charge in [0.1, 0.15) is 5.82 Å². The van der Waals surface area contributed by atoms with Crippen molar-refractivity contribution in [2.24, 2.45) is 0 Å². The molecule has 104 valence electrons. The van der Waals surface area contributed by atoms with Gasteiger partial charge in [0.15, 0.2) is 0 Å². The van der Waals surface area contributed by atoms with E-state index in [0.717, 1.165) is 12.1 Å². The monoisotopic (exact) mass is 269 g/mol. The first-order valence-corrected chi connectivity index (χ1v) is 6.81. The molecule has 4 heteroatoms. The lowest BCUT2D eigenvalue weighted by atomic mass is 10.1. The van der Waals surface area contributed by atoms with Crippen LogP contribution in [0.15, 0.2) is 42.6 Å². The zero-order chi connectivity index (χ0) is 14.4. The summed E-state index contributed by atoms with van der Waals surface area (Å²) in [5.41, 5.74) is 8.06. The Labute approximate surface area is 119 Å². The Balaban J connectivity index is 1.99. The second-order valence-corrected chi connectivity index (χ2v) is 4.73. The van der Waals surface area contributed by atoms with E-state index in [-0.39, 0.29) is 5.91 Å². The molecular formula is C16H19N3O. The number of unbranched alkanes of at least 4 members (excludes halogenated alkanes) is 1. The standard InChI is InChI=1S/C16H19N3O/c1-2-3-4-12-5-8-14(9-6-12)19-16(20)13-7-10-15(17)18-11-13/h5-11H,2-4H2,1H3,(H2,17,18)(H,19,20). The van der Waals surface area contributed by atoms with Crippen LogP contribution in [0, 0.1) is 0 Å². The van der Waals surface area contributed by atoms with E-state index in [1.165, 1.54) is 24.6 Å². The Bertz CT molecular complexity index is 561. The number of hydrogen-bond donors (Lipinski definition) is 2. The van der Waals surface area contributed by atoms with Crippen molar-refractivity contribution in [2.75, 3.05) is 11.1 Å². The Morgan fingerprint density at radius 1 is 1.20 bits per heavy atom. The van der Waals surface area contributed by atoms with Crippen molar-refractivity contribution >= 4 is 17.4 Å². The van der Waals surface area contributed by atoms with Gasteiger partial charge in [-0.25, -0.2) is 4.98 Å². The fourth-order valence-corrected chi connectivity index (χ4v) is 1.88. The van der Waals surface area contributed by atoms with Gasteiger partial charge >= 0.3 is 0 Å². The number of amides is 1. The number of anilines is 2. The van der Waals surface area contributed by atoms with Crippen LogP contribution in [0.3, 0.4) is 0 Å². The summed E-state index contributed by atoms with van der Waals surface area (Å²) in [5, 5.41) is 2.84. The number of rotatable bonds is 5. The molecule has 3 N–H and O–H groups in total. The second kappa shape index (κ2) is 6.70. The van der Waals surface area contributed by atoms with E-state index in [4.69, 9.17) is 5.73 Å². The normalized spacial score (nSPS) is 10.2. The van der Waals surface area contributed by atoms with Gasteiger partial charge in [-0.05, 0) is 42.7 Å². The predicted octanol–water partition coefficient (Wildman–Crippen LogP) is 3.26. The summed E-state index contributed by atoms with van der Waals surface area (Å²) in [7, 11) is 0. The molecule has 4 nitrogen and oxygen atoms in total. The minimum atomic E-state index is -0.182. The molecule has 20 heavy (non-hydrogen) atoms. The molecule has 0 aliphatic rings. The first-order chi connectivity index (χ1) is 9.69. The van der Waals surface area contributed by atoms with E-state index in [0.29, 0.717) is 11.4 Å². The van der Waals surface area contributed by atoms with E-state index in [1.54, 1.807) is 12.1 Å². The fourth-order valence-electron chi connectivity index (χ4n) is 1.88. The van der Waals surface area contributed by atoms with Crippen LogP contribution in [0.1, 0.15) is 35.7 Å². The number of aromatic nitrogens is 1. The number of nitrogen functional groups attached to an aromatic ring is 1. The lowest BCUT2D eigenvalue weighted by molar-refractivity contribution is 0.102. The Morgan fingerprint density at radius 2 is 1.95 bits per heavy atom. The number of benzene rings is 1. The van der Waals surface area contributed by atoms with Gasteiger partial charge in [-0.1, -0.05) is 25.5 Å². The van der Waals surface area contributed by atoms with E-state index >= 15 is 0 Å². The molecule has 1 aromatic heterocycles. The molecule has 1 amide bonds. The highest BCUT2D eigenvalue weighted by molar-refractivity contribution is 6.04. The van der Waals surface area contributed by atoms with E-state index in [1.807, 2.05) is 24.3 Å². The molecule has 0 aliphatic carbocycles. The van der Waals surface area contributed by atoms with Crippen LogP contribution in [-0.2, 0) is 6.42 Å². The third kappa shape index (κ3) is 3.82. The van der Waals surface area contributed by atoms with Crippen LogP contribution in [0.25, 0.3) is 0 Å². The lowest BCUT2D eigenvalue weighted by Crippen LogP contribution is -2.12. The average molecular weight is 269 g/mol. The van der Waals surface area contributed by atoms with E-state index in [2.05, 4.69) is 17.2 Å². The van der Waals surface area contributed by atoms with E-state index < -0.39 is 0 Å². The maximum Gasteiger partial charge on any atom is 0.257 e. The van der Waals surface area contributed by atoms with Gasteiger partial charge in [-0.15, -0.1) is 0 Å². The third-order valence-electron chi connectivity index (χ3n) is 3.08. The van der Waals surface area contributed by atoms with Crippen LogP contribution in [0.2, 0.25) is 0 Å². The van der Waals surface area contributed by atoms with Crippen molar-refractivity contribution in [3.05, 3.63) is 53.7 Å². The summed E-state index contributed by atoms with van der Waals surface area (Å²) in [6.45, 7) is 2.18. The SMILES string of the molecule is CCCCc1ccc(NC(=O)c2ccc(N)nc2)cc1. The van der Waals surface area contributed by atoms with Crippen LogP contribution in [0.4, 0.5) is 11.5 Å². The van der Waals surface area contributed by atoms with Gasteiger partial charge < -0.3 is 11.1 Å². The Hall–Kier alpha value is -2.36. The molecule has 0 aliphatic heterocycles.